The molecule has 0 spiro atoms. The molecule has 144 valence electrons. The Labute approximate surface area is 157 Å². The first kappa shape index (κ1) is 18.2. The maximum Gasteiger partial charge on any atom is 0.162 e. The molecular formula is C21H34N4O. The van der Waals surface area contributed by atoms with Gasteiger partial charge in [0.2, 0.25) is 0 Å². The van der Waals surface area contributed by atoms with E-state index < -0.39 is 0 Å². The highest BCUT2D eigenvalue weighted by Crippen LogP contribution is 2.41. The Morgan fingerprint density at radius 1 is 1.12 bits per heavy atom. The van der Waals surface area contributed by atoms with Gasteiger partial charge in [-0.05, 0) is 50.9 Å². The van der Waals surface area contributed by atoms with Crippen molar-refractivity contribution in [2.45, 2.75) is 78.4 Å². The predicted molar refractivity (Wildman–Crippen MR) is 103 cm³/mol. The molecule has 0 saturated carbocycles. The van der Waals surface area contributed by atoms with Gasteiger partial charge in [0.05, 0.1) is 0 Å². The smallest absolute Gasteiger partial charge is 0.162 e. The Morgan fingerprint density at radius 3 is 2.77 bits per heavy atom. The molecule has 3 aliphatic rings. The van der Waals surface area contributed by atoms with Crippen LogP contribution in [0.4, 0.5) is 0 Å². The van der Waals surface area contributed by atoms with Crippen LogP contribution in [0.25, 0.3) is 0 Å². The fourth-order valence-electron chi connectivity index (χ4n) is 5.13. The molecule has 1 fully saturated rings. The fraction of sp³-hybridized carbons (Fsp3) is 0.810. The molecule has 5 heteroatoms. The molecule has 1 aromatic rings. The molecule has 0 radical (unpaired) electrons. The van der Waals surface area contributed by atoms with E-state index in [1.165, 1.54) is 32.2 Å². The molecule has 0 aromatic carbocycles. The maximum absolute atomic E-state index is 5.85. The molecule has 0 N–H and O–H groups in total. The van der Waals surface area contributed by atoms with Gasteiger partial charge in [0.1, 0.15) is 11.9 Å². The second-order valence-corrected chi connectivity index (χ2v) is 8.97. The van der Waals surface area contributed by atoms with Crippen LogP contribution in [0.5, 0.6) is 0 Å². The minimum absolute atomic E-state index is 0.165. The van der Waals surface area contributed by atoms with Crippen molar-refractivity contribution in [2.75, 3.05) is 26.2 Å². The number of hydrogen-bond acceptors (Lipinski definition) is 4. The van der Waals surface area contributed by atoms with Gasteiger partial charge < -0.3 is 14.2 Å². The Hall–Kier alpha value is -1.20. The van der Waals surface area contributed by atoms with Crippen LogP contribution in [0.3, 0.4) is 0 Å². The molecule has 1 atom stereocenters. The summed E-state index contributed by atoms with van der Waals surface area (Å²) < 4.78 is 8.19. The molecule has 3 heterocycles. The summed E-state index contributed by atoms with van der Waals surface area (Å²) in [5.41, 5.74) is 3.75. The van der Waals surface area contributed by atoms with Crippen molar-refractivity contribution in [3.8, 4) is 0 Å². The molecule has 1 aromatic heterocycles. The summed E-state index contributed by atoms with van der Waals surface area (Å²) in [6.45, 7) is 12.4. The number of rotatable bonds is 4. The Morgan fingerprint density at radius 2 is 2.00 bits per heavy atom. The maximum atomic E-state index is 5.85. The molecule has 5 nitrogen and oxygen atoms in total. The quantitative estimate of drug-likeness (QED) is 0.766. The van der Waals surface area contributed by atoms with Crippen LogP contribution >= 0.6 is 0 Å². The lowest BCUT2D eigenvalue weighted by Gasteiger charge is -2.35. The summed E-state index contributed by atoms with van der Waals surface area (Å²) in [5.74, 6) is 2.21. The van der Waals surface area contributed by atoms with Crippen LogP contribution in [0.1, 0.15) is 77.0 Å². The highest BCUT2D eigenvalue weighted by Gasteiger charge is 2.29. The van der Waals surface area contributed by atoms with Crippen molar-refractivity contribution < 1.29 is 4.74 Å². The van der Waals surface area contributed by atoms with Crippen LogP contribution in [0.2, 0.25) is 0 Å². The summed E-state index contributed by atoms with van der Waals surface area (Å²) in [6.07, 6.45) is 8.60. The molecule has 0 amide bonds. The van der Waals surface area contributed by atoms with Crippen molar-refractivity contribution in [2.24, 2.45) is 5.41 Å². The monoisotopic (exact) mass is 358 g/mol. The first-order valence-electron chi connectivity index (χ1n) is 10.5. The third-order valence-corrected chi connectivity index (χ3v) is 6.73. The van der Waals surface area contributed by atoms with E-state index in [-0.39, 0.29) is 6.10 Å². The van der Waals surface area contributed by atoms with E-state index in [0.29, 0.717) is 5.41 Å². The predicted octanol–water partition coefficient (Wildman–Crippen LogP) is 3.90. The summed E-state index contributed by atoms with van der Waals surface area (Å²) in [6, 6.07) is 0. The minimum Gasteiger partial charge on any atom is -0.370 e. The lowest BCUT2D eigenvalue weighted by atomic mass is 9.71. The zero-order chi connectivity index (χ0) is 18.1. The van der Waals surface area contributed by atoms with E-state index in [1.54, 1.807) is 11.1 Å². The Balaban J connectivity index is 1.39. The first-order chi connectivity index (χ1) is 12.5. The van der Waals surface area contributed by atoms with Gasteiger partial charge in [0.15, 0.2) is 5.82 Å². The first-order valence-corrected chi connectivity index (χ1v) is 10.5. The lowest BCUT2D eigenvalue weighted by molar-refractivity contribution is 0.101. The topological polar surface area (TPSA) is 43.2 Å². The molecular weight excluding hydrogens is 324 g/mol. The number of ether oxygens (including phenoxy) is 1. The van der Waals surface area contributed by atoms with Gasteiger partial charge in [-0.25, -0.2) is 0 Å². The molecule has 26 heavy (non-hydrogen) atoms. The van der Waals surface area contributed by atoms with Crippen LogP contribution in [0.15, 0.2) is 11.1 Å². The highest BCUT2D eigenvalue weighted by atomic mass is 16.5. The molecule has 1 unspecified atom stereocenters. The number of aromatic nitrogens is 3. The number of hydrogen-bond donors (Lipinski definition) is 0. The number of nitrogens with zero attached hydrogens (tertiary/aromatic N) is 4. The van der Waals surface area contributed by atoms with Gasteiger partial charge in [-0.15, -0.1) is 10.2 Å². The number of allylic oxidation sites excluding steroid dienone is 1. The van der Waals surface area contributed by atoms with Crippen LogP contribution in [-0.2, 0) is 17.7 Å². The lowest BCUT2D eigenvalue weighted by Crippen LogP contribution is -2.31. The standard InChI is InChI=1S/C21H34N4O/c1-16-6-4-10-21(2,3)17(16)8-11-24-12-9-19-22-23-20(25(19)14-13-24)18-7-5-15-26-18/h18H,4-15H2,1-3H3. The third-order valence-electron chi connectivity index (χ3n) is 6.73. The van der Waals surface area contributed by atoms with Gasteiger partial charge in [0, 0.05) is 39.2 Å². The largest absolute Gasteiger partial charge is 0.370 e. The van der Waals surface area contributed by atoms with Crippen molar-refractivity contribution in [1.29, 1.82) is 0 Å². The highest BCUT2D eigenvalue weighted by molar-refractivity contribution is 5.22. The summed E-state index contributed by atoms with van der Waals surface area (Å²) in [5, 5.41) is 8.93. The van der Waals surface area contributed by atoms with Crippen molar-refractivity contribution >= 4 is 0 Å². The molecule has 1 aliphatic carbocycles. The van der Waals surface area contributed by atoms with Crippen molar-refractivity contribution in [1.82, 2.24) is 19.7 Å². The Bertz CT molecular complexity index is 670. The summed E-state index contributed by atoms with van der Waals surface area (Å²) in [7, 11) is 0. The second kappa shape index (κ2) is 7.43. The Kier molecular flexibility index (Phi) is 5.20. The molecule has 1 saturated heterocycles. The normalized spacial score (nSPS) is 26.8. The summed E-state index contributed by atoms with van der Waals surface area (Å²) in [4.78, 5) is 2.62. The zero-order valence-corrected chi connectivity index (χ0v) is 16.8. The van der Waals surface area contributed by atoms with E-state index in [4.69, 9.17) is 4.74 Å². The van der Waals surface area contributed by atoms with E-state index in [2.05, 4.69) is 40.4 Å². The summed E-state index contributed by atoms with van der Waals surface area (Å²) >= 11 is 0. The van der Waals surface area contributed by atoms with E-state index in [9.17, 15) is 0 Å². The van der Waals surface area contributed by atoms with Gasteiger partial charge in [-0.3, -0.25) is 0 Å². The second-order valence-electron chi connectivity index (χ2n) is 8.97. The third kappa shape index (κ3) is 3.61. The van der Waals surface area contributed by atoms with Gasteiger partial charge in [0.25, 0.3) is 0 Å². The number of fused-ring (bicyclic) bond motifs is 1. The average Bonchev–Trinajstić information content (AvgIpc) is 3.21. The average molecular weight is 359 g/mol. The van der Waals surface area contributed by atoms with Crippen LogP contribution in [-0.4, -0.2) is 45.9 Å². The van der Waals surface area contributed by atoms with Gasteiger partial charge in [-0.2, -0.15) is 0 Å². The van der Waals surface area contributed by atoms with E-state index in [0.717, 1.165) is 57.2 Å². The van der Waals surface area contributed by atoms with Gasteiger partial charge >= 0.3 is 0 Å². The van der Waals surface area contributed by atoms with E-state index >= 15 is 0 Å². The van der Waals surface area contributed by atoms with Gasteiger partial charge in [-0.1, -0.05) is 25.0 Å². The molecule has 4 rings (SSSR count). The minimum atomic E-state index is 0.165. The fourth-order valence-corrected chi connectivity index (χ4v) is 5.13. The van der Waals surface area contributed by atoms with Crippen LogP contribution in [0, 0.1) is 5.41 Å². The van der Waals surface area contributed by atoms with Crippen molar-refractivity contribution in [3.63, 3.8) is 0 Å². The van der Waals surface area contributed by atoms with E-state index in [1.807, 2.05) is 0 Å². The zero-order valence-electron chi connectivity index (χ0n) is 16.8. The van der Waals surface area contributed by atoms with Crippen molar-refractivity contribution in [3.05, 3.63) is 22.8 Å². The van der Waals surface area contributed by atoms with Crippen LogP contribution < -0.4 is 0 Å². The SMILES string of the molecule is CC1=C(CCN2CCc3nnc(C4CCCO4)n3CC2)C(C)(C)CCC1. The molecule has 0 bridgehead atoms. The molecule has 2 aliphatic heterocycles.